The van der Waals surface area contributed by atoms with Gasteiger partial charge in [-0.05, 0) is 52.2 Å². The molecule has 2 heterocycles. The van der Waals surface area contributed by atoms with Crippen LogP contribution in [0.15, 0.2) is 92.6 Å². The van der Waals surface area contributed by atoms with Crippen LogP contribution in [0, 0.1) is 12.3 Å². The molecule has 9 heteroatoms. The Balaban J connectivity index is 1.76. The van der Waals surface area contributed by atoms with Crippen molar-refractivity contribution in [1.29, 1.82) is 0 Å². The molecule has 0 spiro atoms. The molecule has 4 aromatic rings. The van der Waals surface area contributed by atoms with E-state index in [0.29, 0.717) is 42.1 Å². The molecule has 206 valence electrons. The second-order valence-electron chi connectivity index (χ2n) is 8.87. The molecule has 5 rings (SSSR count). The number of nitrogens with zero attached hydrogens (tertiary/aromatic N) is 2. The van der Waals surface area contributed by atoms with Gasteiger partial charge in [0.15, 0.2) is 16.3 Å². The average molecular weight is 630 g/mol. The summed E-state index contributed by atoms with van der Waals surface area (Å²) in [6, 6.07) is 21.7. The van der Waals surface area contributed by atoms with Gasteiger partial charge in [0.05, 0.1) is 40.0 Å². The Morgan fingerprint density at radius 1 is 1.15 bits per heavy atom. The second kappa shape index (κ2) is 12.4. The Morgan fingerprint density at radius 2 is 1.85 bits per heavy atom. The molecular weight excluding hydrogens is 604 g/mol. The number of hydrogen-bond acceptors (Lipinski definition) is 7. The highest BCUT2D eigenvalue weighted by Gasteiger charge is 2.35. The molecule has 0 unspecified atom stereocenters. The van der Waals surface area contributed by atoms with Crippen LogP contribution in [0.2, 0.25) is 0 Å². The van der Waals surface area contributed by atoms with E-state index < -0.39 is 12.0 Å². The predicted molar refractivity (Wildman–Crippen MR) is 163 cm³/mol. The molecule has 1 aliphatic heterocycles. The van der Waals surface area contributed by atoms with Crippen LogP contribution < -0.4 is 24.4 Å². The lowest BCUT2D eigenvalue weighted by Gasteiger charge is -2.25. The van der Waals surface area contributed by atoms with Gasteiger partial charge in [0, 0.05) is 5.56 Å². The first-order valence-corrected chi connectivity index (χ1v) is 14.3. The first-order chi connectivity index (χ1) is 20.0. The number of terminal acetylenes is 1. The molecule has 0 saturated heterocycles. The van der Waals surface area contributed by atoms with Crippen LogP contribution >= 0.6 is 27.3 Å². The lowest BCUT2D eigenvalue weighted by molar-refractivity contribution is -0.138. The second-order valence-corrected chi connectivity index (χ2v) is 10.7. The third-order valence-electron chi connectivity index (χ3n) is 6.34. The standard InChI is InChI=1S/C32H25BrN2O5S/c1-4-16-40-29-23(33)17-20(18-24(29)38-3)19-25-30(36)35-28(22-14-10-7-11-15-22)26(31(37)39-5-2)27(34-32(35)41-25)21-12-8-6-9-13-21/h1,6-15,17-19,28H,5,16H2,2-3H3/b25-19-/t28-/m1/s1. The van der Waals surface area contributed by atoms with Crippen molar-refractivity contribution in [2.45, 2.75) is 13.0 Å². The fourth-order valence-corrected chi connectivity index (χ4v) is 6.19. The number of rotatable bonds is 8. The summed E-state index contributed by atoms with van der Waals surface area (Å²) in [5.74, 6) is 2.86. The fourth-order valence-electron chi connectivity index (χ4n) is 4.62. The number of benzene rings is 3. The topological polar surface area (TPSA) is 79.1 Å². The van der Waals surface area contributed by atoms with E-state index in [0.717, 1.165) is 11.1 Å². The molecule has 0 amide bonds. The van der Waals surface area contributed by atoms with Crippen LogP contribution in [0.3, 0.4) is 0 Å². The van der Waals surface area contributed by atoms with Crippen LogP contribution in [-0.2, 0) is 9.53 Å². The minimum atomic E-state index is -0.732. The van der Waals surface area contributed by atoms with Crippen LogP contribution in [0.5, 0.6) is 11.5 Å². The Kier molecular flexibility index (Phi) is 8.53. The average Bonchev–Trinajstić information content (AvgIpc) is 3.30. The van der Waals surface area contributed by atoms with Crippen LogP contribution in [-0.4, -0.2) is 30.9 Å². The lowest BCUT2D eigenvalue weighted by Crippen LogP contribution is -2.39. The van der Waals surface area contributed by atoms with Gasteiger partial charge in [-0.3, -0.25) is 9.36 Å². The molecule has 1 aliphatic rings. The fraction of sp³-hybridized carbons (Fsp3) is 0.156. The quantitative estimate of drug-likeness (QED) is 0.208. The Bertz CT molecular complexity index is 1850. The number of thiazole rings is 1. The maximum absolute atomic E-state index is 14.0. The number of carbonyl (C=O) groups excluding carboxylic acids is 1. The van der Waals surface area contributed by atoms with Crippen LogP contribution in [0.1, 0.15) is 29.7 Å². The summed E-state index contributed by atoms with van der Waals surface area (Å²) in [5.41, 5.74) is 2.74. The number of methoxy groups -OCH3 is 1. The molecule has 7 nitrogen and oxygen atoms in total. The highest BCUT2D eigenvalue weighted by atomic mass is 79.9. The molecule has 41 heavy (non-hydrogen) atoms. The third-order valence-corrected chi connectivity index (χ3v) is 7.91. The van der Waals surface area contributed by atoms with E-state index in [2.05, 4.69) is 21.9 Å². The molecule has 1 aromatic heterocycles. The molecule has 0 aliphatic carbocycles. The molecule has 0 N–H and O–H groups in total. The maximum atomic E-state index is 14.0. The molecule has 1 atom stereocenters. The van der Waals surface area contributed by atoms with E-state index in [1.807, 2.05) is 66.7 Å². The highest BCUT2D eigenvalue weighted by molar-refractivity contribution is 9.10. The number of hydrogen-bond donors (Lipinski definition) is 0. The normalized spacial score (nSPS) is 14.6. The third kappa shape index (κ3) is 5.62. The summed E-state index contributed by atoms with van der Waals surface area (Å²) in [7, 11) is 1.53. The molecule has 3 aromatic carbocycles. The first kappa shape index (κ1) is 28.1. The van der Waals surface area contributed by atoms with E-state index in [1.165, 1.54) is 18.4 Å². The van der Waals surface area contributed by atoms with Gasteiger partial charge in [-0.2, -0.15) is 0 Å². The van der Waals surface area contributed by atoms with Crippen molar-refractivity contribution >= 4 is 45.0 Å². The van der Waals surface area contributed by atoms with E-state index in [9.17, 15) is 9.59 Å². The van der Waals surface area contributed by atoms with Gasteiger partial charge in [-0.25, -0.2) is 9.79 Å². The zero-order valence-corrected chi connectivity index (χ0v) is 24.7. The number of fused-ring (bicyclic) bond motifs is 1. The van der Waals surface area contributed by atoms with Gasteiger partial charge in [0.1, 0.15) is 6.61 Å². The zero-order valence-electron chi connectivity index (χ0n) is 22.3. The van der Waals surface area contributed by atoms with E-state index >= 15 is 0 Å². The minimum absolute atomic E-state index is 0.0823. The van der Waals surface area contributed by atoms with Gasteiger partial charge in [-0.15, -0.1) is 6.42 Å². The molecule has 0 saturated carbocycles. The summed E-state index contributed by atoms with van der Waals surface area (Å²) in [5, 5.41) is 0. The summed E-state index contributed by atoms with van der Waals surface area (Å²) in [6.45, 7) is 2.02. The van der Waals surface area contributed by atoms with E-state index in [-0.39, 0.29) is 18.8 Å². The maximum Gasteiger partial charge on any atom is 0.338 e. The summed E-state index contributed by atoms with van der Waals surface area (Å²) in [4.78, 5) is 32.9. The number of esters is 1. The van der Waals surface area contributed by atoms with Gasteiger partial charge in [0.25, 0.3) is 5.56 Å². The van der Waals surface area contributed by atoms with Crippen molar-refractivity contribution in [3.63, 3.8) is 0 Å². The van der Waals surface area contributed by atoms with Crippen molar-refractivity contribution < 1.29 is 19.0 Å². The van der Waals surface area contributed by atoms with Crippen LogP contribution in [0.25, 0.3) is 11.8 Å². The predicted octanol–water partition coefficient (Wildman–Crippen LogP) is 4.72. The van der Waals surface area contributed by atoms with Crippen molar-refractivity contribution in [1.82, 2.24) is 4.57 Å². The van der Waals surface area contributed by atoms with Gasteiger partial charge in [0.2, 0.25) is 0 Å². The molecule has 0 bridgehead atoms. The van der Waals surface area contributed by atoms with Crippen molar-refractivity contribution in [3.8, 4) is 23.8 Å². The number of aromatic nitrogens is 1. The Morgan fingerprint density at radius 3 is 2.51 bits per heavy atom. The minimum Gasteiger partial charge on any atom is -0.493 e. The lowest BCUT2D eigenvalue weighted by atomic mass is 9.93. The van der Waals surface area contributed by atoms with E-state index in [1.54, 1.807) is 23.6 Å². The number of carbonyl (C=O) groups is 1. The Hall–Kier alpha value is -4.39. The summed E-state index contributed by atoms with van der Waals surface area (Å²) < 4.78 is 19.3. The first-order valence-electron chi connectivity index (χ1n) is 12.7. The van der Waals surface area contributed by atoms with Crippen molar-refractivity contribution in [2.75, 3.05) is 20.3 Å². The molecular formula is C32H25BrN2O5S. The number of ether oxygens (including phenoxy) is 3. The van der Waals surface area contributed by atoms with Gasteiger partial charge >= 0.3 is 5.97 Å². The van der Waals surface area contributed by atoms with Crippen LogP contribution in [0.4, 0.5) is 0 Å². The molecule has 0 fully saturated rings. The van der Waals surface area contributed by atoms with Gasteiger partial charge in [-0.1, -0.05) is 77.9 Å². The largest absolute Gasteiger partial charge is 0.493 e. The van der Waals surface area contributed by atoms with Crippen molar-refractivity contribution in [2.24, 2.45) is 4.99 Å². The van der Waals surface area contributed by atoms with Crippen molar-refractivity contribution in [3.05, 3.63) is 119 Å². The SMILES string of the molecule is C#CCOc1c(Br)cc(/C=c2\sc3n(c2=O)[C@H](c2ccccc2)C(C(=O)OCC)=C(c2ccccc2)N=3)cc1OC. The van der Waals surface area contributed by atoms with E-state index in [4.69, 9.17) is 25.6 Å². The highest BCUT2D eigenvalue weighted by Crippen LogP contribution is 2.37. The monoisotopic (exact) mass is 628 g/mol. The number of halogens is 1. The summed E-state index contributed by atoms with van der Waals surface area (Å²) >= 11 is 4.77. The molecule has 0 radical (unpaired) electrons. The Labute approximate surface area is 249 Å². The van der Waals surface area contributed by atoms with Gasteiger partial charge < -0.3 is 14.2 Å². The summed E-state index contributed by atoms with van der Waals surface area (Å²) in [6.07, 6.45) is 7.11. The smallest absolute Gasteiger partial charge is 0.338 e. The zero-order chi connectivity index (χ0) is 28.9.